The number of methoxy groups -OCH3 is 1. The maximum Gasteiger partial charge on any atom is 0.133 e. The van der Waals surface area contributed by atoms with E-state index in [-0.39, 0.29) is 11.7 Å². The van der Waals surface area contributed by atoms with E-state index in [0.717, 1.165) is 12.8 Å². The average molecular weight is 288 g/mol. The minimum atomic E-state index is -1.03. The molecule has 2 aromatic carbocycles. The predicted octanol–water partition coefficient (Wildman–Crippen LogP) is 3.46. The van der Waals surface area contributed by atoms with Gasteiger partial charge in [0.1, 0.15) is 23.4 Å². The maximum atomic E-state index is 14.0. The highest BCUT2D eigenvalue weighted by Crippen LogP contribution is 2.31. The Kier molecular flexibility index (Phi) is 3.80. The van der Waals surface area contributed by atoms with Crippen LogP contribution in [-0.4, -0.2) is 18.3 Å². The molecule has 1 unspecified atom stereocenters. The largest absolute Gasteiger partial charge is 0.497 e. The minimum Gasteiger partial charge on any atom is -0.497 e. The van der Waals surface area contributed by atoms with Crippen molar-refractivity contribution in [1.82, 2.24) is 0 Å². The van der Waals surface area contributed by atoms with Crippen molar-refractivity contribution in [3.05, 3.63) is 59.4 Å². The van der Waals surface area contributed by atoms with Gasteiger partial charge in [-0.15, -0.1) is 0 Å². The molecule has 0 spiro atoms. The van der Waals surface area contributed by atoms with Crippen LogP contribution < -0.4 is 9.47 Å². The molecule has 1 aliphatic carbocycles. The van der Waals surface area contributed by atoms with E-state index >= 15 is 0 Å². The van der Waals surface area contributed by atoms with Gasteiger partial charge in [0.25, 0.3) is 0 Å². The Morgan fingerprint density at radius 1 is 1.14 bits per heavy atom. The van der Waals surface area contributed by atoms with Gasteiger partial charge < -0.3 is 14.6 Å². The molecule has 110 valence electrons. The summed E-state index contributed by atoms with van der Waals surface area (Å²) in [4.78, 5) is 0. The van der Waals surface area contributed by atoms with Gasteiger partial charge in [-0.2, -0.15) is 0 Å². The van der Waals surface area contributed by atoms with E-state index in [1.165, 1.54) is 19.2 Å². The molecule has 0 heterocycles. The van der Waals surface area contributed by atoms with Gasteiger partial charge in [-0.3, -0.25) is 0 Å². The van der Waals surface area contributed by atoms with Crippen molar-refractivity contribution < 1.29 is 19.0 Å². The van der Waals surface area contributed by atoms with Gasteiger partial charge in [-0.05, 0) is 42.7 Å². The van der Waals surface area contributed by atoms with E-state index in [2.05, 4.69) is 0 Å². The molecule has 1 atom stereocenters. The number of hydrogen-bond acceptors (Lipinski definition) is 3. The van der Waals surface area contributed by atoms with Gasteiger partial charge in [0, 0.05) is 11.6 Å². The Bertz CT molecular complexity index is 638. The quantitative estimate of drug-likeness (QED) is 0.915. The molecule has 4 heteroatoms. The second kappa shape index (κ2) is 5.74. The third-order valence-corrected chi connectivity index (χ3v) is 3.50. The average Bonchev–Trinajstić information content (AvgIpc) is 3.30. The number of rotatable bonds is 5. The van der Waals surface area contributed by atoms with Crippen molar-refractivity contribution >= 4 is 0 Å². The highest BCUT2D eigenvalue weighted by molar-refractivity contribution is 5.38. The lowest BCUT2D eigenvalue weighted by Gasteiger charge is -2.14. The second-order valence-electron chi connectivity index (χ2n) is 5.18. The van der Waals surface area contributed by atoms with E-state index in [9.17, 15) is 9.50 Å². The van der Waals surface area contributed by atoms with E-state index < -0.39 is 11.9 Å². The topological polar surface area (TPSA) is 38.7 Å². The van der Waals surface area contributed by atoms with Crippen LogP contribution in [0.15, 0.2) is 42.5 Å². The fourth-order valence-corrected chi connectivity index (χ4v) is 2.17. The number of halogens is 1. The van der Waals surface area contributed by atoms with Crippen LogP contribution in [0, 0.1) is 5.82 Å². The molecular weight excluding hydrogens is 271 g/mol. The SMILES string of the molecule is COc1ccc(C(O)c2cccc(OC3CC3)c2)c(F)c1. The molecule has 0 aliphatic heterocycles. The summed E-state index contributed by atoms with van der Waals surface area (Å²) < 4.78 is 24.7. The van der Waals surface area contributed by atoms with Crippen LogP contribution in [0.4, 0.5) is 4.39 Å². The molecule has 2 aromatic rings. The monoisotopic (exact) mass is 288 g/mol. The predicted molar refractivity (Wildman–Crippen MR) is 77.1 cm³/mol. The first-order chi connectivity index (χ1) is 10.2. The highest BCUT2D eigenvalue weighted by atomic mass is 19.1. The van der Waals surface area contributed by atoms with Crippen LogP contribution in [0.3, 0.4) is 0 Å². The number of benzene rings is 2. The molecule has 0 aromatic heterocycles. The molecule has 1 saturated carbocycles. The molecule has 0 amide bonds. The van der Waals surface area contributed by atoms with Crippen LogP contribution in [0.2, 0.25) is 0 Å². The number of ether oxygens (including phenoxy) is 2. The lowest BCUT2D eigenvalue weighted by atomic mass is 10.0. The molecular formula is C17H17FO3. The van der Waals surface area contributed by atoms with E-state index in [0.29, 0.717) is 17.1 Å². The second-order valence-corrected chi connectivity index (χ2v) is 5.18. The molecule has 3 rings (SSSR count). The van der Waals surface area contributed by atoms with Gasteiger partial charge in [0.15, 0.2) is 0 Å². The Balaban J connectivity index is 1.85. The normalized spacial score (nSPS) is 15.6. The summed E-state index contributed by atoms with van der Waals surface area (Å²) in [5, 5.41) is 10.4. The first-order valence-corrected chi connectivity index (χ1v) is 6.95. The maximum absolute atomic E-state index is 14.0. The molecule has 0 radical (unpaired) electrons. The number of hydrogen-bond donors (Lipinski definition) is 1. The summed E-state index contributed by atoms with van der Waals surface area (Å²) in [7, 11) is 1.48. The fourth-order valence-electron chi connectivity index (χ4n) is 2.17. The summed E-state index contributed by atoms with van der Waals surface area (Å²) in [6, 6.07) is 11.6. The number of aliphatic hydroxyl groups excluding tert-OH is 1. The van der Waals surface area contributed by atoms with E-state index in [1.54, 1.807) is 24.3 Å². The summed E-state index contributed by atoms with van der Waals surface area (Å²) >= 11 is 0. The Labute approximate surface area is 122 Å². The Morgan fingerprint density at radius 2 is 1.95 bits per heavy atom. The van der Waals surface area contributed by atoms with Gasteiger partial charge in [0.05, 0.1) is 13.2 Å². The third-order valence-electron chi connectivity index (χ3n) is 3.50. The molecule has 1 N–H and O–H groups in total. The van der Waals surface area contributed by atoms with Crippen molar-refractivity contribution in [3.63, 3.8) is 0 Å². The zero-order chi connectivity index (χ0) is 14.8. The zero-order valence-corrected chi connectivity index (χ0v) is 11.8. The highest BCUT2D eigenvalue weighted by Gasteiger charge is 2.24. The number of aliphatic hydroxyl groups is 1. The Morgan fingerprint density at radius 3 is 2.62 bits per heavy atom. The molecule has 1 fully saturated rings. The van der Waals surface area contributed by atoms with Crippen LogP contribution in [-0.2, 0) is 0 Å². The van der Waals surface area contributed by atoms with Crippen molar-refractivity contribution in [2.45, 2.75) is 25.0 Å². The first kappa shape index (κ1) is 13.9. The fraction of sp³-hybridized carbons (Fsp3) is 0.294. The molecule has 0 saturated heterocycles. The van der Waals surface area contributed by atoms with Crippen molar-refractivity contribution in [2.75, 3.05) is 7.11 Å². The van der Waals surface area contributed by atoms with E-state index in [1.807, 2.05) is 6.07 Å². The zero-order valence-electron chi connectivity index (χ0n) is 11.8. The molecule has 3 nitrogen and oxygen atoms in total. The molecule has 0 bridgehead atoms. The van der Waals surface area contributed by atoms with Crippen LogP contribution in [0.25, 0.3) is 0 Å². The van der Waals surface area contributed by atoms with Gasteiger partial charge >= 0.3 is 0 Å². The summed E-state index contributed by atoms with van der Waals surface area (Å²) in [6.45, 7) is 0. The van der Waals surface area contributed by atoms with Gasteiger partial charge in [-0.25, -0.2) is 4.39 Å². The van der Waals surface area contributed by atoms with Crippen molar-refractivity contribution in [3.8, 4) is 11.5 Å². The smallest absolute Gasteiger partial charge is 0.133 e. The Hall–Kier alpha value is -2.07. The summed E-state index contributed by atoms with van der Waals surface area (Å²) in [5.74, 6) is 0.646. The van der Waals surface area contributed by atoms with Crippen LogP contribution >= 0.6 is 0 Å². The first-order valence-electron chi connectivity index (χ1n) is 6.95. The van der Waals surface area contributed by atoms with Crippen LogP contribution in [0.1, 0.15) is 30.1 Å². The van der Waals surface area contributed by atoms with Gasteiger partial charge in [-0.1, -0.05) is 12.1 Å². The standard InChI is InChI=1S/C17H17FO3/c1-20-13-7-8-15(16(18)10-13)17(19)11-3-2-4-14(9-11)21-12-5-6-12/h2-4,7-10,12,17,19H,5-6H2,1H3. The molecule has 1 aliphatic rings. The lowest BCUT2D eigenvalue weighted by molar-refractivity contribution is 0.213. The third kappa shape index (κ3) is 3.16. The lowest BCUT2D eigenvalue weighted by Crippen LogP contribution is -2.04. The van der Waals surface area contributed by atoms with Crippen molar-refractivity contribution in [2.24, 2.45) is 0 Å². The van der Waals surface area contributed by atoms with Crippen molar-refractivity contribution in [1.29, 1.82) is 0 Å². The minimum absolute atomic E-state index is 0.222. The van der Waals surface area contributed by atoms with Gasteiger partial charge in [0.2, 0.25) is 0 Å². The van der Waals surface area contributed by atoms with Crippen LogP contribution in [0.5, 0.6) is 11.5 Å². The molecule has 21 heavy (non-hydrogen) atoms. The summed E-state index contributed by atoms with van der Waals surface area (Å²) in [5.41, 5.74) is 0.830. The van der Waals surface area contributed by atoms with E-state index in [4.69, 9.17) is 9.47 Å². The summed E-state index contributed by atoms with van der Waals surface area (Å²) in [6.07, 6.45) is 1.40.